The second-order valence-corrected chi connectivity index (χ2v) is 5.89. The first-order valence-electron chi connectivity index (χ1n) is 8.03. The number of H-pyrrole nitrogens is 1. The molecule has 0 saturated carbocycles. The number of para-hydroxylation sites is 1. The molecule has 6 nitrogen and oxygen atoms in total. The molecule has 0 saturated heterocycles. The number of fused-ring (bicyclic) bond motifs is 2. The number of hydrogen-bond acceptors (Lipinski definition) is 4. The van der Waals surface area contributed by atoms with Crippen LogP contribution in [0.15, 0.2) is 71.5 Å². The fourth-order valence-electron chi connectivity index (χ4n) is 2.94. The Morgan fingerprint density at radius 2 is 1.77 bits per heavy atom. The second-order valence-electron chi connectivity index (χ2n) is 5.89. The maximum absolute atomic E-state index is 12.8. The van der Waals surface area contributed by atoms with Gasteiger partial charge in [0.1, 0.15) is 17.9 Å². The van der Waals surface area contributed by atoms with Crippen molar-refractivity contribution in [2.75, 3.05) is 0 Å². The number of rotatable bonds is 4. The molecule has 3 aromatic carbocycles. The van der Waals surface area contributed by atoms with Crippen molar-refractivity contribution in [1.82, 2.24) is 4.98 Å². The van der Waals surface area contributed by atoms with Crippen molar-refractivity contribution in [3.8, 4) is 5.75 Å². The SMILES string of the molecule is O=c1c2cc(OCc3ccccc3)ccc2[nH]c2c([N+](=O)[O-])cccc12. The van der Waals surface area contributed by atoms with Crippen molar-refractivity contribution in [3.63, 3.8) is 0 Å². The minimum Gasteiger partial charge on any atom is -0.489 e. The first-order valence-corrected chi connectivity index (χ1v) is 8.03. The van der Waals surface area contributed by atoms with Gasteiger partial charge in [0.15, 0.2) is 5.43 Å². The first-order chi connectivity index (χ1) is 12.6. The molecule has 0 aliphatic carbocycles. The monoisotopic (exact) mass is 346 g/mol. The highest BCUT2D eigenvalue weighted by Gasteiger charge is 2.15. The van der Waals surface area contributed by atoms with Crippen LogP contribution in [0.1, 0.15) is 5.56 Å². The summed E-state index contributed by atoms with van der Waals surface area (Å²) in [6.07, 6.45) is 0. The Bertz CT molecular complexity index is 1180. The van der Waals surface area contributed by atoms with Gasteiger partial charge >= 0.3 is 0 Å². The molecular weight excluding hydrogens is 332 g/mol. The Balaban J connectivity index is 1.79. The highest BCUT2D eigenvalue weighted by Crippen LogP contribution is 2.25. The molecule has 1 heterocycles. The van der Waals surface area contributed by atoms with Gasteiger partial charge in [-0.1, -0.05) is 36.4 Å². The smallest absolute Gasteiger partial charge is 0.293 e. The van der Waals surface area contributed by atoms with E-state index >= 15 is 0 Å². The van der Waals surface area contributed by atoms with E-state index in [-0.39, 0.29) is 22.0 Å². The second kappa shape index (κ2) is 6.33. The Morgan fingerprint density at radius 3 is 2.54 bits per heavy atom. The maximum atomic E-state index is 12.8. The Morgan fingerprint density at radius 1 is 0.962 bits per heavy atom. The number of aromatic nitrogens is 1. The van der Waals surface area contributed by atoms with Gasteiger partial charge in [0, 0.05) is 11.5 Å². The van der Waals surface area contributed by atoms with Gasteiger partial charge in [-0.05, 0) is 29.8 Å². The first kappa shape index (κ1) is 15.8. The Hall–Kier alpha value is -3.67. The number of aromatic amines is 1. The van der Waals surface area contributed by atoms with E-state index in [0.29, 0.717) is 23.3 Å². The van der Waals surface area contributed by atoms with Crippen molar-refractivity contribution in [2.45, 2.75) is 6.61 Å². The van der Waals surface area contributed by atoms with Crippen molar-refractivity contribution in [1.29, 1.82) is 0 Å². The third kappa shape index (κ3) is 2.77. The molecule has 128 valence electrons. The molecule has 26 heavy (non-hydrogen) atoms. The summed E-state index contributed by atoms with van der Waals surface area (Å²) < 4.78 is 5.77. The molecule has 0 atom stereocenters. The van der Waals surface area contributed by atoms with Crippen LogP contribution in [-0.2, 0) is 6.61 Å². The minimum absolute atomic E-state index is 0.120. The van der Waals surface area contributed by atoms with E-state index in [2.05, 4.69) is 4.98 Å². The number of hydrogen-bond donors (Lipinski definition) is 1. The van der Waals surface area contributed by atoms with E-state index in [4.69, 9.17) is 4.74 Å². The van der Waals surface area contributed by atoms with Gasteiger partial charge in [0.05, 0.1) is 15.8 Å². The fourth-order valence-corrected chi connectivity index (χ4v) is 2.94. The predicted octanol–water partition coefficient (Wildman–Crippen LogP) is 4.17. The average molecular weight is 346 g/mol. The van der Waals surface area contributed by atoms with E-state index in [1.54, 1.807) is 24.3 Å². The summed E-state index contributed by atoms with van der Waals surface area (Å²) in [7, 11) is 0. The zero-order valence-corrected chi connectivity index (χ0v) is 13.6. The van der Waals surface area contributed by atoms with Crippen molar-refractivity contribution >= 4 is 27.5 Å². The van der Waals surface area contributed by atoms with Crippen molar-refractivity contribution < 1.29 is 9.66 Å². The van der Waals surface area contributed by atoms with Crippen LogP contribution in [0.2, 0.25) is 0 Å². The van der Waals surface area contributed by atoms with Crippen LogP contribution in [0.3, 0.4) is 0 Å². The summed E-state index contributed by atoms with van der Waals surface area (Å²) in [5, 5.41) is 11.9. The minimum atomic E-state index is -0.499. The molecule has 0 radical (unpaired) electrons. The lowest BCUT2D eigenvalue weighted by Gasteiger charge is -2.08. The number of nitro groups is 1. The zero-order chi connectivity index (χ0) is 18.1. The van der Waals surface area contributed by atoms with Gasteiger partial charge in [-0.3, -0.25) is 14.9 Å². The van der Waals surface area contributed by atoms with Crippen LogP contribution in [0.4, 0.5) is 5.69 Å². The number of pyridine rings is 1. The number of nitrogens with one attached hydrogen (secondary N) is 1. The lowest BCUT2D eigenvalue weighted by Crippen LogP contribution is -2.06. The van der Waals surface area contributed by atoms with E-state index in [1.807, 2.05) is 30.3 Å². The summed E-state index contributed by atoms with van der Waals surface area (Å²) in [5.74, 6) is 0.566. The molecular formula is C20H14N2O4. The normalized spacial score (nSPS) is 10.9. The van der Waals surface area contributed by atoms with Crippen LogP contribution >= 0.6 is 0 Å². The van der Waals surface area contributed by atoms with E-state index in [0.717, 1.165) is 5.56 Å². The molecule has 6 heteroatoms. The molecule has 1 N–H and O–H groups in total. The van der Waals surface area contributed by atoms with Gasteiger partial charge in [0.2, 0.25) is 0 Å². The van der Waals surface area contributed by atoms with Crippen LogP contribution in [0.25, 0.3) is 21.8 Å². The summed E-state index contributed by atoms with van der Waals surface area (Å²) in [4.78, 5) is 26.5. The molecule has 0 unspecified atom stereocenters. The quantitative estimate of drug-likeness (QED) is 0.341. The number of ether oxygens (including phenoxy) is 1. The maximum Gasteiger partial charge on any atom is 0.293 e. The standard InChI is InChI=1S/C20H14N2O4/c23-20-15-7-4-8-18(22(24)25)19(15)21-17-10-9-14(11-16(17)20)26-12-13-5-2-1-3-6-13/h1-11H,12H2,(H,21,23). The highest BCUT2D eigenvalue weighted by atomic mass is 16.6. The van der Waals surface area contributed by atoms with Gasteiger partial charge < -0.3 is 9.72 Å². The summed E-state index contributed by atoms with van der Waals surface area (Å²) in [6.45, 7) is 0.392. The van der Waals surface area contributed by atoms with E-state index < -0.39 is 4.92 Å². The number of nitro benzene ring substituents is 1. The van der Waals surface area contributed by atoms with Crippen molar-refractivity contribution in [2.24, 2.45) is 0 Å². The van der Waals surface area contributed by atoms with Crippen LogP contribution < -0.4 is 10.2 Å². The summed E-state index contributed by atoms with van der Waals surface area (Å²) in [6, 6.07) is 19.3. The Labute approximate surface area is 147 Å². The third-order valence-corrected chi connectivity index (χ3v) is 4.23. The van der Waals surface area contributed by atoms with Gasteiger partial charge in [-0.15, -0.1) is 0 Å². The lowest BCUT2D eigenvalue weighted by molar-refractivity contribution is -0.383. The molecule has 0 fully saturated rings. The number of non-ortho nitro benzene ring substituents is 1. The van der Waals surface area contributed by atoms with Gasteiger partial charge in [-0.2, -0.15) is 0 Å². The number of nitrogens with zero attached hydrogens (tertiary/aromatic N) is 1. The molecule has 0 aliphatic rings. The van der Waals surface area contributed by atoms with E-state index in [9.17, 15) is 14.9 Å². The predicted molar refractivity (Wildman–Crippen MR) is 99.5 cm³/mol. The molecule has 0 amide bonds. The van der Waals surface area contributed by atoms with Gasteiger partial charge in [0.25, 0.3) is 5.69 Å². The largest absolute Gasteiger partial charge is 0.489 e. The molecule has 4 aromatic rings. The molecule has 0 aliphatic heterocycles. The molecule has 4 rings (SSSR count). The molecule has 1 aromatic heterocycles. The fraction of sp³-hybridized carbons (Fsp3) is 0.0500. The molecule has 0 spiro atoms. The highest BCUT2D eigenvalue weighted by molar-refractivity contribution is 5.96. The van der Waals surface area contributed by atoms with Crippen LogP contribution in [0.5, 0.6) is 5.75 Å². The van der Waals surface area contributed by atoms with Crippen LogP contribution in [-0.4, -0.2) is 9.91 Å². The van der Waals surface area contributed by atoms with Crippen molar-refractivity contribution in [3.05, 3.63) is 92.6 Å². The number of benzene rings is 3. The molecule has 0 bridgehead atoms. The third-order valence-electron chi connectivity index (χ3n) is 4.23. The summed E-state index contributed by atoms with van der Waals surface area (Å²) in [5.41, 5.74) is 1.40. The van der Waals surface area contributed by atoms with Crippen LogP contribution in [0, 0.1) is 10.1 Å². The topological polar surface area (TPSA) is 85.2 Å². The van der Waals surface area contributed by atoms with E-state index in [1.165, 1.54) is 12.1 Å². The zero-order valence-electron chi connectivity index (χ0n) is 13.6. The average Bonchev–Trinajstić information content (AvgIpc) is 2.67. The Kier molecular flexibility index (Phi) is 3.85. The van der Waals surface area contributed by atoms with Gasteiger partial charge in [-0.25, -0.2) is 0 Å². The lowest BCUT2D eigenvalue weighted by atomic mass is 10.1. The summed E-state index contributed by atoms with van der Waals surface area (Å²) >= 11 is 0.